The number of hydrogen-bond donors (Lipinski definition) is 2. The van der Waals surface area contributed by atoms with Crippen LogP contribution in [0.4, 0.5) is 10.5 Å². The van der Waals surface area contributed by atoms with Gasteiger partial charge in [-0.2, -0.15) is 0 Å². The highest BCUT2D eigenvalue weighted by Crippen LogP contribution is 2.32. The van der Waals surface area contributed by atoms with E-state index >= 15 is 0 Å². The molecule has 0 fully saturated rings. The lowest BCUT2D eigenvalue weighted by atomic mass is 9.81. The average molecular weight is 333 g/mol. The summed E-state index contributed by atoms with van der Waals surface area (Å²) in [5.41, 5.74) is 9.09. The second-order valence-electron chi connectivity index (χ2n) is 7.79. The highest BCUT2D eigenvalue weighted by Gasteiger charge is 2.29. The van der Waals surface area contributed by atoms with E-state index in [9.17, 15) is 4.79 Å². The van der Waals surface area contributed by atoms with E-state index in [0.29, 0.717) is 13.1 Å². The van der Waals surface area contributed by atoms with Gasteiger partial charge in [-0.15, -0.1) is 0 Å². The van der Waals surface area contributed by atoms with Crippen LogP contribution in [0.15, 0.2) is 18.2 Å². The molecule has 0 bridgehead atoms. The molecule has 1 atom stereocenters. The number of nitrogens with zero attached hydrogens (tertiary/aromatic N) is 1. The van der Waals surface area contributed by atoms with E-state index in [0.717, 1.165) is 25.1 Å². The number of likely N-dealkylation sites (N-methyl/N-ethyl adjacent to an activating group) is 1. The Morgan fingerprint density at radius 1 is 1.33 bits per heavy atom. The van der Waals surface area contributed by atoms with Crippen molar-refractivity contribution in [2.45, 2.75) is 52.1 Å². The molecular formula is C19H31N3O2. The molecule has 0 spiro atoms. The van der Waals surface area contributed by atoms with Crippen LogP contribution >= 0.6 is 0 Å². The quantitative estimate of drug-likeness (QED) is 0.869. The zero-order valence-corrected chi connectivity index (χ0v) is 15.6. The molecule has 1 aliphatic rings. The molecular weight excluding hydrogens is 302 g/mol. The van der Waals surface area contributed by atoms with Crippen LogP contribution in [0, 0.1) is 0 Å². The Labute approximate surface area is 145 Å². The number of amides is 1. The van der Waals surface area contributed by atoms with Crippen molar-refractivity contribution in [2.24, 2.45) is 5.73 Å². The lowest BCUT2D eigenvalue weighted by Gasteiger charge is -2.30. The minimum Gasteiger partial charge on any atom is -0.444 e. The lowest BCUT2D eigenvalue weighted by Crippen LogP contribution is -2.45. The third-order valence-corrected chi connectivity index (χ3v) is 4.62. The van der Waals surface area contributed by atoms with Crippen molar-refractivity contribution < 1.29 is 9.53 Å². The largest absolute Gasteiger partial charge is 0.444 e. The zero-order chi connectivity index (χ0) is 18.0. The van der Waals surface area contributed by atoms with Gasteiger partial charge in [-0.25, -0.2) is 4.79 Å². The van der Waals surface area contributed by atoms with Crippen molar-refractivity contribution >= 4 is 11.8 Å². The third-order valence-electron chi connectivity index (χ3n) is 4.62. The molecule has 1 aromatic carbocycles. The summed E-state index contributed by atoms with van der Waals surface area (Å²) >= 11 is 0. The highest BCUT2D eigenvalue weighted by atomic mass is 16.6. The predicted octanol–water partition coefficient (Wildman–Crippen LogP) is 2.81. The number of carbonyl (C=O) groups excluding carboxylic acids is 1. The first-order valence-electron chi connectivity index (χ1n) is 8.74. The number of rotatable bonds is 5. The SMILES string of the molecule is CCN1CCc2cc(C(C)(CN)CNC(=O)OC(C)(C)C)ccc21. The molecule has 1 unspecified atom stereocenters. The van der Waals surface area contributed by atoms with E-state index in [4.69, 9.17) is 10.5 Å². The van der Waals surface area contributed by atoms with Crippen molar-refractivity contribution in [3.8, 4) is 0 Å². The van der Waals surface area contributed by atoms with Crippen LogP contribution in [0.25, 0.3) is 0 Å². The first-order chi connectivity index (χ1) is 11.2. The van der Waals surface area contributed by atoms with E-state index < -0.39 is 11.7 Å². The summed E-state index contributed by atoms with van der Waals surface area (Å²) < 4.78 is 5.32. The van der Waals surface area contributed by atoms with Crippen LogP contribution in [0.1, 0.15) is 45.7 Å². The van der Waals surface area contributed by atoms with Gasteiger partial charge in [0.05, 0.1) is 0 Å². The summed E-state index contributed by atoms with van der Waals surface area (Å²) in [6, 6.07) is 6.56. The van der Waals surface area contributed by atoms with Crippen LogP contribution in [0.3, 0.4) is 0 Å². The van der Waals surface area contributed by atoms with Crippen molar-refractivity contribution in [1.82, 2.24) is 5.32 Å². The molecule has 2 rings (SSSR count). The summed E-state index contributed by atoms with van der Waals surface area (Å²) in [5.74, 6) is 0. The Kier molecular flexibility index (Phi) is 5.43. The summed E-state index contributed by atoms with van der Waals surface area (Å²) in [4.78, 5) is 14.3. The number of nitrogens with two attached hydrogens (primary N) is 1. The lowest BCUT2D eigenvalue weighted by molar-refractivity contribution is 0.0516. The van der Waals surface area contributed by atoms with Gasteiger partial charge in [0.15, 0.2) is 0 Å². The van der Waals surface area contributed by atoms with E-state index in [2.05, 4.69) is 42.3 Å². The maximum Gasteiger partial charge on any atom is 0.407 e. The monoisotopic (exact) mass is 333 g/mol. The van der Waals surface area contributed by atoms with Gasteiger partial charge >= 0.3 is 6.09 Å². The Hall–Kier alpha value is -1.75. The normalized spacial score (nSPS) is 16.5. The van der Waals surface area contributed by atoms with Gasteiger partial charge in [0, 0.05) is 37.3 Å². The van der Waals surface area contributed by atoms with E-state index in [1.54, 1.807) is 0 Å². The maximum atomic E-state index is 11.9. The smallest absolute Gasteiger partial charge is 0.407 e. The Morgan fingerprint density at radius 3 is 2.62 bits per heavy atom. The minimum atomic E-state index is -0.500. The number of alkyl carbamates (subject to hydrolysis) is 1. The summed E-state index contributed by atoms with van der Waals surface area (Å²) in [6.07, 6.45) is 0.664. The molecule has 0 radical (unpaired) electrons. The van der Waals surface area contributed by atoms with Gasteiger partial charge in [0.2, 0.25) is 0 Å². The molecule has 1 heterocycles. The Morgan fingerprint density at radius 2 is 2.04 bits per heavy atom. The number of benzene rings is 1. The van der Waals surface area contributed by atoms with Crippen LogP contribution in [0.5, 0.6) is 0 Å². The molecule has 3 N–H and O–H groups in total. The predicted molar refractivity (Wildman–Crippen MR) is 98.7 cm³/mol. The van der Waals surface area contributed by atoms with E-state index in [-0.39, 0.29) is 5.41 Å². The first-order valence-corrected chi connectivity index (χ1v) is 8.74. The minimum absolute atomic E-state index is 0.314. The second-order valence-corrected chi connectivity index (χ2v) is 7.79. The molecule has 0 aromatic heterocycles. The van der Waals surface area contributed by atoms with Crippen molar-refractivity contribution in [1.29, 1.82) is 0 Å². The van der Waals surface area contributed by atoms with Crippen molar-refractivity contribution in [2.75, 3.05) is 31.1 Å². The fourth-order valence-corrected chi connectivity index (χ4v) is 3.05. The van der Waals surface area contributed by atoms with Gasteiger partial charge in [0.1, 0.15) is 5.60 Å². The van der Waals surface area contributed by atoms with Gasteiger partial charge in [-0.05, 0) is 51.3 Å². The highest BCUT2D eigenvalue weighted by molar-refractivity contribution is 5.68. The van der Waals surface area contributed by atoms with Crippen LogP contribution in [-0.2, 0) is 16.6 Å². The molecule has 0 saturated heterocycles. The number of hydrogen-bond acceptors (Lipinski definition) is 4. The zero-order valence-electron chi connectivity index (χ0n) is 15.6. The topological polar surface area (TPSA) is 67.6 Å². The third kappa shape index (κ3) is 4.20. The van der Waals surface area contributed by atoms with Crippen molar-refractivity contribution in [3.63, 3.8) is 0 Å². The molecule has 1 aliphatic heterocycles. The van der Waals surface area contributed by atoms with E-state index in [1.807, 2.05) is 20.8 Å². The molecule has 1 amide bonds. The summed E-state index contributed by atoms with van der Waals surface area (Å²) in [6.45, 7) is 12.8. The second kappa shape index (κ2) is 7.01. The van der Waals surface area contributed by atoms with Gasteiger partial charge in [-0.3, -0.25) is 0 Å². The summed E-state index contributed by atoms with van der Waals surface area (Å²) in [7, 11) is 0. The van der Waals surface area contributed by atoms with Crippen LogP contribution in [-0.4, -0.2) is 37.9 Å². The first kappa shape index (κ1) is 18.6. The fraction of sp³-hybridized carbons (Fsp3) is 0.632. The van der Waals surface area contributed by atoms with E-state index in [1.165, 1.54) is 11.3 Å². The molecule has 1 aromatic rings. The number of fused-ring (bicyclic) bond motifs is 1. The molecule has 0 saturated carbocycles. The standard InChI is InChI=1S/C19H31N3O2/c1-6-22-10-9-14-11-15(7-8-16(14)22)19(5,12-20)13-21-17(23)24-18(2,3)4/h7-8,11H,6,9-10,12-13,20H2,1-5H3,(H,21,23). The molecule has 5 nitrogen and oxygen atoms in total. The fourth-order valence-electron chi connectivity index (χ4n) is 3.05. The Bertz CT molecular complexity index is 595. The Balaban J connectivity index is 2.11. The van der Waals surface area contributed by atoms with Crippen molar-refractivity contribution in [3.05, 3.63) is 29.3 Å². The molecule has 5 heteroatoms. The van der Waals surface area contributed by atoms with Gasteiger partial charge in [0.25, 0.3) is 0 Å². The summed E-state index contributed by atoms with van der Waals surface area (Å²) in [5, 5.41) is 2.87. The molecule has 24 heavy (non-hydrogen) atoms. The molecule has 0 aliphatic carbocycles. The number of ether oxygens (including phenoxy) is 1. The molecule has 134 valence electrons. The van der Waals surface area contributed by atoms with Crippen LogP contribution in [0.2, 0.25) is 0 Å². The van der Waals surface area contributed by atoms with Gasteiger partial charge in [-0.1, -0.05) is 19.1 Å². The number of nitrogens with one attached hydrogen (secondary N) is 1. The average Bonchev–Trinajstić information content (AvgIpc) is 2.93. The maximum absolute atomic E-state index is 11.9. The van der Waals surface area contributed by atoms with Gasteiger partial charge < -0.3 is 20.7 Å². The number of anilines is 1. The van der Waals surface area contributed by atoms with Crippen LogP contribution < -0.4 is 16.0 Å². The number of carbonyl (C=O) groups is 1.